The van der Waals surface area contributed by atoms with Crippen LogP contribution in [-0.2, 0) is 6.54 Å². The SMILES string of the molecule is CCOc1ccc(NCc2cc(OC)cc(C)n2)cc1. The molecule has 1 aromatic carbocycles. The monoisotopic (exact) mass is 272 g/mol. The highest BCUT2D eigenvalue weighted by atomic mass is 16.5. The number of benzene rings is 1. The van der Waals surface area contributed by atoms with Gasteiger partial charge in [0.15, 0.2) is 0 Å². The van der Waals surface area contributed by atoms with Gasteiger partial charge in [0.05, 0.1) is 26.0 Å². The lowest BCUT2D eigenvalue weighted by atomic mass is 10.2. The van der Waals surface area contributed by atoms with Gasteiger partial charge in [0.25, 0.3) is 0 Å². The number of pyridine rings is 1. The lowest BCUT2D eigenvalue weighted by molar-refractivity contribution is 0.340. The van der Waals surface area contributed by atoms with Gasteiger partial charge in [-0.25, -0.2) is 0 Å². The minimum absolute atomic E-state index is 0.659. The molecule has 106 valence electrons. The van der Waals surface area contributed by atoms with Crippen LogP contribution in [-0.4, -0.2) is 18.7 Å². The summed E-state index contributed by atoms with van der Waals surface area (Å²) in [6.45, 7) is 5.28. The molecule has 0 fully saturated rings. The first-order valence-corrected chi connectivity index (χ1v) is 6.69. The Morgan fingerprint density at radius 3 is 2.50 bits per heavy atom. The largest absolute Gasteiger partial charge is 0.497 e. The predicted octanol–water partition coefficient (Wildman–Crippen LogP) is 3.41. The van der Waals surface area contributed by atoms with Crippen LogP contribution in [0.5, 0.6) is 11.5 Å². The van der Waals surface area contributed by atoms with Crippen molar-refractivity contribution in [3.05, 3.63) is 47.8 Å². The Bertz CT molecular complexity index is 553. The standard InChI is InChI=1S/C16H20N2O2/c1-4-20-15-7-5-13(6-8-15)17-11-14-10-16(19-3)9-12(2)18-14/h5-10,17H,4,11H2,1-3H3. The Morgan fingerprint density at radius 1 is 1.10 bits per heavy atom. The molecule has 0 aliphatic rings. The zero-order valence-corrected chi connectivity index (χ0v) is 12.1. The Balaban J connectivity index is 1.99. The maximum atomic E-state index is 5.41. The van der Waals surface area contributed by atoms with E-state index in [0.717, 1.165) is 28.6 Å². The van der Waals surface area contributed by atoms with E-state index in [1.165, 1.54) is 0 Å². The van der Waals surface area contributed by atoms with Gasteiger partial charge < -0.3 is 14.8 Å². The van der Waals surface area contributed by atoms with E-state index >= 15 is 0 Å². The highest BCUT2D eigenvalue weighted by molar-refractivity contribution is 5.46. The van der Waals surface area contributed by atoms with E-state index in [2.05, 4.69) is 10.3 Å². The van der Waals surface area contributed by atoms with Crippen LogP contribution in [0.2, 0.25) is 0 Å². The minimum atomic E-state index is 0.659. The number of aromatic nitrogens is 1. The van der Waals surface area contributed by atoms with Crippen molar-refractivity contribution in [2.24, 2.45) is 0 Å². The number of methoxy groups -OCH3 is 1. The molecule has 0 unspecified atom stereocenters. The molecular weight excluding hydrogens is 252 g/mol. The van der Waals surface area contributed by atoms with Gasteiger partial charge in [-0.05, 0) is 38.1 Å². The molecule has 2 aromatic rings. The molecule has 0 aliphatic carbocycles. The van der Waals surface area contributed by atoms with Crippen LogP contribution in [0.3, 0.4) is 0 Å². The number of rotatable bonds is 6. The summed E-state index contributed by atoms with van der Waals surface area (Å²) in [6.07, 6.45) is 0. The van der Waals surface area contributed by atoms with Crippen molar-refractivity contribution in [1.82, 2.24) is 4.98 Å². The van der Waals surface area contributed by atoms with Crippen LogP contribution in [0, 0.1) is 6.92 Å². The van der Waals surface area contributed by atoms with E-state index in [9.17, 15) is 0 Å². The zero-order valence-electron chi connectivity index (χ0n) is 12.1. The van der Waals surface area contributed by atoms with Gasteiger partial charge in [-0.2, -0.15) is 0 Å². The highest BCUT2D eigenvalue weighted by Gasteiger charge is 2.01. The molecular formula is C16H20N2O2. The van der Waals surface area contributed by atoms with E-state index in [4.69, 9.17) is 9.47 Å². The smallest absolute Gasteiger partial charge is 0.122 e. The van der Waals surface area contributed by atoms with E-state index in [0.29, 0.717) is 13.2 Å². The first-order valence-electron chi connectivity index (χ1n) is 6.69. The van der Waals surface area contributed by atoms with E-state index in [1.54, 1.807) is 7.11 Å². The van der Waals surface area contributed by atoms with Crippen molar-refractivity contribution in [2.75, 3.05) is 19.0 Å². The quantitative estimate of drug-likeness (QED) is 0.875. The fourth-order valence-corrected chi connectivity index (χ4v) is 1.94. The van der Waals surface area contributed by atoms with Gasteiger partial charge >= 0.3 is 0 Å². The Hall–Kier alpha value is -2.23. The van der Waals surface area contributed by atoms with E-state index < -0.39 is 0 Å². The lowest BCUT2D eigenvalue weighted by Gasteiger charge is -2.09. The zero-order chi connectivity index (χ0) is 14.4. The van der Waals surface area contributed by atoms with Crippen molar-refractivity contribution >= 4 is 5.69 Å². The number of aryl methyl sites for hydroxylation is 1. The number of ether oxygens (including phenoxy) is 2. The summed E-state index contributed by atoms with van der Waals surface area (Å²) in [6, 6.07) is 11.8. The molecule has 0 saturated carbocycles. The predicted molar refractivity (Wildman–Crippen MR) is 80.5 cm³/mol. The summed E-state index contributed by atoms with van der Waals surface area (Å²) >= 11 is 0. The molecule has 4 heteroatoms. The van der Waals surface area contributed by atoms with Crippen LogP contribution < -0.4 is 14.8 Å². The summed E-state index contributed by atoms with van der Waals surface area (Å²) < 4.78 is 10.7. The molecule has 0 amide bonds. The third-order valence-electron chi connectivity index (χ3n) is 2.85. The molecule has 0 aliphatic heterocycles. The molecule has 2 rings (SSSR count). The second-order valence-corrected chi connectivity index (χ2v) is 4.45. The van der Waals surface area contributed by atoms with Crippen molar-refractivity contribution in [1.29, 1.82) is 0 Å². The maximum absolute atomic E-state index is 5.41. The van der Waals surface area contributed by atoms with Crippen LogP contribution in [0.15, 0.2) is 36.4 Å². The average Bonchev–Trinajstić information content (AvgIpc) is 2.46. The topological polar surface area (TPSA) is 43.4 Å². The summed E-state index contributed by atoms with van der Waals surface area (Å²) in [4.78, 5) is 4.48. The Labute approximate surface area is 119 Å². The second-order valence-electron chi connectivity index (χ2n) is 4.45. The summed E-state index contributed by atoms with van der Waals surface area (Å²) in [5.74, 6) is 1.72. The molecule has 0 atom stereocenters. The first kappa shape index (κ1) is 14.2. The molecule has 0 bridgehead atoms. The number of hydrogen-bond acceptors (Lipinski definition) is 4. The first-order chi connectivity index (χ1) is 9.71. The Kier molecular flexibility index (Phi) is 4.82. The molecule has 0 saturated heterocycles. The summed E-state index contributed by atoms with van der Waals surface area (Å²) in [5, 5.41) is 3.34. The van der Waals surface area contributed by atoms with Gasteiger partial charge in [0.2, 0.25) is 0 Å². The molecule has 0 spiro atoms. The van der Waals surface area contributed by atoms with Crippen molar-refractivity contribution in [3.8, 4) is 11.5 Å². The molecule has 1 heterocycles. The second kappa shape index (κ2) is 6.80. The third kappa shape index (κ3) is 3.88. The number of anilines is 1. The average molecular weight is 272 g/mol. The normalized spacial score (nSPS) is 10.2. The van der Waals surface area contributed by atoms with Crippen LogP contribution in [0.1, 0.15) is 18.3 Å². The van der Waals surface area contributed by atoms with Crippen molar-refractivity contribution in [2.45, 2.75) is 20.4 Å². The van der Waals surface area contributed by atoms with Gasteiger partial charge in [0, 0.05) is 23.5 Å². The van der Waals surface area contributed by atoms with Crippen molar-refractivity contribution in [3.63, 3.8) is 0 Å². The van der Waals surface area contributed by atoms with Gasteiger partial charge in [-0.15, -0.1) is 0 Å². The van der Waals surface area contributed by atoms with Gasteiger partial charge in [-0.3, -0.25) is 4.98 Å². The Morgan fingerprint density at radius 2 is 1.85 bits per heavy atom. The minimum Gasteiger partial charge on any atom is -0.497 e. The van der Waals surface area contributed by atoms with E-state index in [1.807, 2.05) is 50.2 Å². The van der Waals surface area contributed by atoms with Crippen LogP contribution in [0.4, 0.5) is 5.69 Å². The lowest BCUT2D eigenvalue weighted by Crippen LogP contribution is -2.03. The maximum Gasteiger partial charge on any atom is 0.122 e. The molecule has 1 aromatic heterocycles. The summed E-state index contributed by atoms with van der Waals surface area (Å²) in [7, 11) is 1.67. The molecule has 0 radical (unpaired) electrons. The van der Waals surface area contributed by atoms with Gasteiger partial charge in [0.1, 0.15) is 11.5 Å². The van der Waals surface area contributed by atoms with Crippen LogP contribution in [0.25, 0.3) is 0 Å². The van der Waals surface area contributed by atoms with Gasteiger partial charge in [-0.1, -0.05) is 0 Å². The summed E-state index contributed by atoms with van der Waals surface area (Å²) in [5.41, 5.74) is 2.94. The van der Waals surface area contributed by atoms with Crippen molar-refractivity contribution < 1.29 is 9.47 Å². The fourth-order valence-electron chi connectivity index (χ4n) is 1.94. The van der Waals surface area contributed by atoms with E-state index in [-0.39, 0.29) is 0 Å². The third-order valence-corrected chi connectivity index (χ3v) is 2.85. The number of nitrogens with one attached hydrogen (secondary N) is 1. The number of nitrogens with zero attached hydrogens (tertiary/aromatic N) is 1. The molecule has 1 N–H and O–H groups in total. The molecule has 20 heavy (non-hydrogen) atoms. The number of hydrogen-bond donors (Lipinski definition) is 1. The molecule has 4 nitrogen and oxygen atoms in total. The highest BCUT2D eigenvalue weighted by Crippen LogP contribution is 2.17. The van der Waals surface area contributed by atoms with Crippen LogP contribution >= 0.6 is 0 Å². The fraction of sp³-hybridized carbons (Fsp3) is 0.312.